The van der Waals surface area contributed by atoms with Crippen LogP contribution in [0, 0.1) is 94.5 Å². The lowest BCUT2D eigenvalue weighted by Crippen LogP contribution is -2.27. The molecule has 0 radical (unpaired) electrons. The van der Waals surface area contributed by atoms with E-state index in [1.807, 2.05) is 19.9 Å². The van der Waals surface area contributed by atoms with E-state index in [-0.39, 0.29) is 17.7 Å². The molecule has 5 aliphatic rings. The van der Waals surface area contributed by atoms with Crippen molar-refractivity contribution in [2.75, 3.05) is 19.8 Å². The lowest BCUT2D eigenvalue weighted by atomic mass is 9.84. The maximum Gasteiger partial charge on any atom is 0.154 e. The fourth-order valence-corrected chi connectivity index (χ4v) is 7.44. The Morgan fingerprint density at radius 3 is 1.09 bits per heavy atom. The summed E-state index contributed by atoms with van der Waals surface area (Å²) in [5, 5.41) is 0. The Hall–Kier alpha value is -3.19. The summed E-state index contributed by atoms with van der Waals surface area (Å²) < 4.78 is 53.5. The molecule has 0 N–H and O–H groups in total. The van der Waals surface area contributed by atoms with Crippen molar-refractivity contribution in [2.24, 2.45) is 35.5 Å². The third-order valence-electron chi connectivity index (χ3n) is 13.0. The number of ether oxygens (including phenoxy) is 3. The van der Waals surface area contributed by atoms with Crippen molar-refractivity contribution >= 4 is 0 Å². The normalized spacial score (nSPS) is 25.2. The Balaban J connectivity index is 0.000000383. The van der Waals surface area contributed by atoms with Gasteiger partial charge in [-0.1, -0.05) is 138 Å². The molecule has 2 heterocycles. The first-order valence-electron chi connectivity index (χ1n) is 25.9. The second kappa shape index (κ2) is 35.0. The highest BCUT2D eigenvalue weighted by Crippen LogP contribution is 2.27. The Morgan fingerprint density at radius 2 is 0.776 bits per heavy atom. The number of benzene rings is 3. The Morgan fingerprint density at radius 1 is 0.388 bits per heavy atom. The van der Waals surface area contributed by atoms with Crippen LogP contribution in [-0.4, -0.2) is 32.2 Å². The largest absolute Gasteiger partial charge is 0.378 e. The van der Waals surface area contributed by atoms with Crippen LogP contribution in [0.4, 0.5) is 13.2 Å². The van der Waals surface area contributed by atoms with Gasteiger partial charge in [-0.15, -0.1) is 0 Å². The van der Waals surface area contributed by atoms with E-state index >= 15 is 0 Å². The molecule has 2 saturated heterocycles. The average molecular weight is 935 g/mol. The molecule has 3 nitrogen and oxygen atoms in total. The lowest BCUT2D eigenvalue weighted by molar-refractivity contribution is -0.187. The average Bonchev–Trinajstić information content (AvgIpc) is 3.29. The molecule has 0 spiro atoms. The summed E-state index contributed by atoms with van der Waals surface area (Å²) in [6, 6.07) is 16.3. The first-order valence-corrected chi connectivity index (χ1v) is 25.9. The summed E-state index contributed by atoms with van der Waals surface area (Å²) in [6.45, 7) is 35.8. The molecule has 0 amide bonds. The molecule has 2 aliphatic heterocycles. The summed E-state index contributed by atoms with van der Waals surface area (Å²) in [7, 11) is 0. The fraction of sp³-hybridized carbons (Fsp3) is 0.639. The smallest absolute Gasteiger partial charge is 0.154 e. The zero-order valence-corrected chi connectivity index (χ0v) is 45.4. The molecule has 6 heteroatoms. The van der Waals surface area contributed by atoms with Gasteiger partial charge in [0.25, 0.3) is 0 Å². The Labute approximate surface area is 410 Å². The standard InChI is InChI=1S/C8H8F2.C8H9F.C8H16.2C8H14.C8H10.C7H14O.C6H12O2/c1-5-3-7(9)6(2)8(10)4-5;1-6-3-4-7(2)8(9)5-6;4*1-7-3-5-8(2)6-4-7;1-6-3-4-7(2)8-5-6;1-5-3-7-6(2)8-4-5/h3-4H,1-2H3;3-5H,1-2H3;7-8H,3-6H2,1-2H3;2*3,8H,4-6H2,1-2H3;3-6H,1-2H3;6-7H,3-5H2,1-2H3;5-6H,3-4H2,1-2H3/t;;;2*8-;;6-,7+;/m...10.0./s1. The van der Waals surface area contributed by atoms with Gasteiger partial charge in [0.15, 0.2) is 6.29 Å². The molecule has 3 aliphatic carbocycles. The summed E-state index contributed by atoms with van der Waals surface area (Å²) >= 11 is 0. The molecular formula is C61H97F3O3. The highest BCUT2D eigenvalue weighted by atomic mass is 19.1. The number of hydrogen-bond acceptors (Lipinski definition) is 3. The minimum Gasteiger partial charge on any atom is -0.378 e. The van der Waals surface area contributed by atoms with Crippen LogP contribution in [0.5, 0.6) is 0 Å². The summed E-state index contributed by atoms with van der Waals surface area (Å²) in [6.07, 6.45) is 21.9. The van der Waals surface area contributed by atoms with Gasteiger partial charge in [-0.3, -0.25) is 0 Å². The maximum absolute atomic E-state index is 12.6. The van der Waals surface area contributed by atoms with E-state index in [1.165, 1.54) is 113 Å². The maximum atomic E-state index is 12.6. The molecule has 4 atom stereocenters. The third kappa shape index (κ3) is 31.5. The van der Waals surface area contributed by atoms with Crippen molar-refractivity contribution in [3.8, 4) is 0 Å². The van der Waals surface area contributed by atoms with Gasteiger partial charge in [-0.25, -0.2) is 13.2 Å². The van der Waals surface area contributed by atoms with Crippen LogP contribution in [0.3, 0.4) is 0 Å². The molecule has 3 aromatic rings. The monoisotopic (exact) mass is 935 g/mol. The predicted molar refractivity (Wildman–Crippen MR) is 282 cm³/mol. The van der Waals surface area contributed by atoms with Gasteiger partial charge < -0.3 is 14.2 Å². The first-order chi connectivity index (χ1) is 31.5. The predicted octanol–water partition coefficient (Wildman–Crippen LogP) is 18.5. The molecule has 0 aromatic heterocycles. The van der Waals surface area contributed by atoms with Crippen molar-refractivity contribution in [2.45, 2.75) is 200 Å². The topological polar surface area (TPSA) is 27.7 Å². The summed E-state index contributed by atoms with van der Waals surface area (Å²) in [5.74, 6) is 4.23. The summed E-state index contributed by atoms with van der Waals surface area (Å²) in [5.41, 5.74) is 8.21. The molecule has 3 fully saturated rings. The van der Waals surface area contributed by atoms with Crippen molar-refractivity contribution in [1.82, 2.24) is 0 Å². The van der Waals surface area contributed by atoms with Crippen LogP contribution < -0.4 is 0 Å². The Kier molecular flexibility index (Phi) is 32.3. The van der Waals surface area contributed by atoms with Crippen LogP contribution in [0.25, 0.3) is 0 Å². The molecule has 0 bridgehead atoms. The van der Waals surface area contributed by atoms with Gasteiger partial charge in [0, 0.05) is 18.1 Å². The van der Waals surface area contributed by atoms with Crippen LogP contribution in [0.15, 0.2) is 77.9 Å². The number of halogens is 3. The minimum absolute atomic E-state index is 0.0196. The minimum atomic E-state index is -0.475. The van der Waals surface area contributed by atoms with Gasteiger partial charge >= 0.3 is 0 Å². The van der Waals surface area contributed by atoms with Gasteiger partial charge in [0.2, 0.25) is 0 Å². The highest BCUT2D eigenvalue weighted by Gasteiger charge is 2.15. The molecule has 1 saturated carbocycles. The quantitative estimate of drug-likeness (QED) is 0.210. The molecule has 67 heavy (non-hydrogen) atoms. The van der Waals surface area contributed by atoms with Gasteiger partial charge in [-0.2, -0.15) is 0 Å². The second-order valence-electron chi connectivity index (χ2n) is 21.2. The van der Waals surface area contributed by atoms with E-state index in [2.05, 4.69) is 113 Å². The van der Waals surface area contributed by atoms with Gasteiger partial charge in [0.05, 0.1) is 19.3 Å². The SMILES string of the molecule is CC1=CC[C@@H](C)CC1.CC1=CC[C@H](C)CC1.CC1CCC(C)CC1.CC1COC(C)OC1.C[C@H]1CC[C@@H](C)OC1.Cc1cc(F)c(C)c(F)c1.Cc1ccc(C)c(F)c1.Cc1ccc(C)cc1. The molecule has 8 rings (SSSR count). The number of aryl methyl sites for hydroxylation is 5. The molecule has 3 aromatic carbocycles. The number of hydrogen-bond donors (Lipinski definition) is 0. The summed E-state index contributed by atoms with van der Waals surface area (Å²) in [4.78, 5) is 0. The molecule has 380 valence electrons. The van der Waals surface area contributed by atoms with Gasteiger partial charge in [0.1, 0.15) is 17.5 Å². The highest BCUT2D eigenvalue weighted by molar-refractivity contribution is 5.24. The lowest BCUT2D eigenvalue weighted by Gasteiger charge is -2.24. The number of allylic oxidation sites excluding steroid dienone is 4. The third-order valence-corrected chi connectivity index (χ3v) is 13.0. The van der Waals surface area contributed by atoms with E-state index in [9.17, 15) is 13.2 Å². The zero-order valence-electron chi connectivity index (χ0n) is 45.4. The van der Waals surface area contributed by atoms with Crippen LogP contribution in [0.1, 0.15) is 180 Å². The fourth-order valence-electron chi connectivity index (χ4n) is 7.44. The number of rotatable bonds is 0. The first kappa shape index (κ1) is 61.8. The Bertz CT molecular complexity index is 1640. The van der Waals surface area contributed by atoms with Gasteiger partial charge in [-0.05, 0) is 185 Å². The van der Waals surface area contributed by atoms with E-state index < -0.39 is 11.6 Å². The van der Waals surface area contributed by atoms with Crippen LogP contribution in [-0.2, 0) is 14.2 Å². The van der Waals surface area contributed by atoms with E-state index in [0.717, 1.165) is 55.0 Å². The second-order valence-corrected chi connectivity index (χ2v) is 21.2. The van der Waals surface area contributed by atoms with E-state index in [1.54, 1.807) is 31.1 Å². The van der Waals surface area contributed by atoms with Crippen molar-refractivity contribution in [3.05, 3.63) is 129 Å². The van der Waals surface area contributed by atoms with E-state index in [0.29, 0.717) is 23.1 Å². The van der Waals surface area contributed by atoms with E-state index in [4.69, 9.17) is 14.2 Å². The van der Waals surface area contributed by atoms with Crippen LogP contribution >= 0.6 is 0 Å². The van der Waals surface area contributed by atoms with Crippen molar-refractivity contribution < 1.29 is 27.4 Å². The molecule has 0 unspecified atom stereocenters. The zero-order chi connectivity index (χ0) is 50.5. The van der Waals surface area contributed by atoms with Crippen LogP contribution in [0.2, 0.25) is 0 Å². The van der Waals surface area contributed by atoms with Crippen molar-refractivity contribution in [1.29, 1.82) is 0 Å². The molecular weight excluding hydrogens is 838 g/mol. The van der Waals surface area contributed by atoms with Crippen molar-refractivity contribution in [3.63, 3.8) is 0 Å².